The highest BCUT2D eigenvalue weighted by Crippen LogP contribution is 2.21. The number of hydrogen-bond donors (Lipinski definition) is 2. The molecule has 3 N–H and O–H groups in total. The van der Waals surface area contributed by atoms with Crippen LogP contribution in [0.1, 0.15) is 17.3 Å². The molecule has 1 atom stereocenters. The standard InChI is InChI=1S/C16H15BrN4/c17-13-7-12(9-19-10-13)16(21-18)8-14-6-5-11-3-1-2-4-15(11)20-14/h1-7,9-10,16,21H,8,18H2. The zero-order valence-corrected chi connectivity index (χ0v) is 12.9. The first-order valence-electron chi connectivity index (χ1n) is 6.67. The second-order valence-corrected chi connectivity index (χ2v) is 5.77. The molecule has 106 valence electrons. The lowest BCUT2D eigenvalue weighted by molar-refractivity contribution is 0.545. The number of rotatable bonds is 4. The first-order valence-corrected chi connectivity index (χ1v) is 7.47. The maximum Gasteiger partial charge on any atom is 0.0705 e. The summed E-state index contributed by atoms with van der Waals surface area (Å²) in [4.78, 5) is 8.87. The molecule has 21 heavy (non-hydrogen) atoms. The molecule has 4 nitrogen and oxygen atoms in total. The Morgan fingerprint density at radius 3 is 2.81 bits per heavy atom. The van der Waals surface area contributed by atoms with Gasteiger partial charge >= 0.3 is 0 Å². The minimum atomic E-state index is -0.0244. The Kier molecular flexibility index (Phi) is 4.24. The van der Waals surface area contributed by atoms with Crippen molar-refractivity contribution in [2.75, 3.05) is 0 Å². The zero-order chi connectivity index (χ0) is 14.7. The molecule has 1 aromatic carbocycles. The lowest BCUT2D eigenvalue weighted by Gasteiger charge is -2.16. The van der Waals surface area contributed by atoms with Gasteiger partial charge in [-0.3, -0.25) is 21.2 Å². The van der Waals surface area contributed by atoms with Crippen molar-refractivity contribution < 1.29 is 0 Å². The predicted molar refractivity (Wildman–Crippen MR) is 87.4 cm³/mol. The van der Waals surface area contributed by atoms with Crippen molar-refractivity contribution in [3.63, 3.8) is 0 Å². The monoisotopic (exact) mass is 342 g/mol. The van der Waals surface area contributed by atoms with E-state index in [4.69, 9.17) is 5.84 Å². The van der Waals surface area contributed by atoms with Crippen LogP contribution in [0.3, 0.4) is 0 Å². The van der Waals surface area contributed by atoms with E-state index in [9.17, 15) is 0 Å². The first kappa shape index (κ1) is 14.1. The molecule has 2 aromatic heterocycles. The van der Waals surface area contributed by atoms with Crippen LogP contribution in [0.5, 0.6) is 0 Å². The molecular formula is C16H15BrN4. The summed E-state index contributed by atoms with van der Waals surface area (Å²) in [7, 11) is 0. The Morgan fingerprint density at radius 1 is 1.14 bits per heavy atom. The lowest BCUT2D eigenvalue weighted by Crippen LogP contribution is -2.29. The van der Waals surface area contributed by atoms with E-state index >= 15 is 0 Å². The summed E-state index contributed by atoms with van der Waals surface area (Å²) in [5.74, 6) is 5.69. The fourth-order valence-electron chi connectivity index (χ4n) is 2.32. The number of nitrogens with zero attached hydrogens (tertiary/aromatic N) is 2. The second-order valence-electron chi connectivity index (χ2n) is 4.86. The number of benzene rings is 1. The van der Waals surface area contributed by atoms with Crippen molar-refractivity contribution in [1.82, 2.24) is 15.4 Å². The van der Waals surface area contributed by atoms with Gasteiger partial charge in [0.1, 0.15) is 0 Å². The maximum atomic E-state index is 5.69. The Balaban J connectivity index is 1.88. The number of pyridine rings is 2. The largest absolute Gasteiger partial charge is 0.271 e. The number of hydrazine groups is 1. The third-order valence-corrected chi connectivity index (χ3v) is 3.83. The number of hydrogen-bond acceptors (Lipinski definition) is 4. The van der Waals surface area contributed by atoms with Gasteiger partial charge in [0.2, 0.25) is 0 Å². The lowest BCUT2D eigenvalue weighted by atomic mass is 10.0. The van der Waals surface area contributed by atoms with Crippen LogP contribution in [0, 0.1) is 0 Å². The second kappa shape index (κ2) is 6.30. The van der Waals surface area contributed by atoms with Crippen LogP contribution < -0.4 is 11.3 Å². The van der Waals surface area contributed by atoms with Gasteiger partial charge < -0.3 is 0 Å². The molecule has 2 heterocycles. The van der Waals surface area contributed by atoms with Crippen LogP contribution in [0.15, 0.2) is 59.3 Å². The van der Waals surface area contributed by atoms with E-state index in [1.165, 1.54) is 0 Å². The van der Waals surface area contributed by atoms with Gasteiger partial charge in [0.15, 0.2) is 0 Å². The van der Waals surface area contributed by atoms with Crippen molar-refractivity contribution in [3.05, 3.63) is 70.6 Å². The number of para-hydroxylation sites is 1. The molecule has 3 rings (SSSR count). The highest BCUT2D eigenvalue weighted by atomic mass is 79.9. The van der Waals surface area contributed by atoms with Gasteiger partial charge in [0.05, 0.1) is 11.6 Å². The van der Waals surface area contributed by atoms with E-state index in [1.54, 1.807) is 6.20 Å². The Bertz CT molecular complexity index is 760. The van der Waals surface area contributed by atoms with Crippen molar-refractivity contribution in [3.8, 4) is 0 Å². The summed E-state index contributed by atoms with van der Waals surface area (Å²) in [6, 6.07) is 14.2. The summed E-state index contributed by atoms with van der Waals surface area (Å²) in [6.07, 6.45) is 4.28. The molecule has 0 aliphatic carbocycles. The van der Waals surface area contributed by atoms with Gasteiger partial charge in [0.25, 0.3) is 0 Å². The Labute approximate surface area is 131 Å². The van der Waals surface area contributed by atoms with E-state index < -0.39 is 0 Å². The van der Waals surface area contributed by atoms with E-state index in [0.29, 0.717) is 6.42 Å². The molecule has 0 aliphatic heterocycles. The summed E-state index contributed by atoms with van der Waals surface area (Å²) >= 11 is 3.43. The normalized spacial score (nSPS) is 12.5. The van der Waals surface area contributed by atoms with Crippen molar-refractivity contribution in [1.29, 1.82) is 0 Å². The first-order chi connectivity index (χ1) is 10.3. The Morgan fingerprint density at radius 2 is 2.00 bits per heavy atom. The van der Waals surface area contributed by atoms with Crippen molar-refractivity contribution >= 4 is 26.8 Å². The van der Waals surface area contributed by atoms with Gasteiger partial charge in [-0.15, -0.1) is 0 Å². The summed E-state index contributed by atoms with van der Waals surface area (Å²) in [5.41, 5.74) is 5.87. The average molecular weight is 343 g/mol. The molecular weight excluding hydrogens is 328 g/mol. The molecule has 0 bridgehead atoms. The minimum absolute atomic E-state index is 0.0244. The van der Waals surface area contributed by atoms with Crippen molar-refractivity contribution in [2.24, 2.45) is 5.84 Å². The molecule has 0 aliphatic rings. The summed E-state index contributed by atoms with van der Waals surface area (Å²) in [6.45, 7) is 0. The number of aromatic nitrogens is 2. The SMILES string of the molecule is NNC(Cc1ccc2ccccc2n1)c1cncc(Br)c1. The van der Waals surface area contributed by atoms with Gasteiger partial charge in [-0.25, -0.2) is 0 Å². The topological polar surface area (TPSA) is 63.8 Å². The van der Waals surface area contributed by atoms with E-state index in [-0.39, 0.29) is 6.04 Å². The van der Waals surface area contributed by atoms with E-state index in [1.807, 2.05) is 36.5 Å². The highest BCUT2D eigenvalue weighted by molar-refractivity contribution is 9.10. The van der Waals surface area contributed by atoms with Gasteiger partial charge in [-0.05, 0) is 39.7 Å². The van der Waals surface area contributed by atoms with Crippen LogP contribution >= 0.6 is 15.9 Å². The molecule has 5 heteroatoms. The fraction of sp³-hybridized carbons (Fsp3) is 0.125. The molecule has 0 saturated heterocycles. The van der Waals surface area contributed by atoms with Gasteiger partial charge in [-0.2, -0.15) is 0 Å². The van der Waals surface area contributed by atoms with Gasteiger partial charge in [-0.1, -0.05) is 24.3 Å². The zero-order valence-electron chi connectivity index (χ0n) is 11.3. The number of halogens is 1. The molecule has 0 radical (unpaired) electrons. The smallest absolute Gasteiger partial charge is 0.0705 e. The van der Waals surface area contributed by atoms with Crippen molar-refractivity contribution in [2.45, 2.75) is 12.5 Å². The predicted octanol–water partition coefficient (Wildman–Crippen LogP) is 3.14. The summed E-state index contributed by atoms with van der Waals surface area (Å²) in [5, 5.41) is 1.14. The minimum Gasteiger partial charge on any atom is -0.271 e. The number of fused-ring (bicyclic) bond motifs is 1. The van der Waals surface area contributed by atoms with Gasteiger partial charge in [0, 0.05) is 34.4 Å². The van der Waals surface area contributed by atoms with E-state index in [0.717, 1.165) is 26.6 Å². The summed E-state index contributed by atoms with van der Waals surface area (Å²) < 4.78 is 0.937. The molecule has 0 amide bonds. The van der Waals surface area contributed by atoms with E-state index in [2.05, 4.69) is 43.5 Å². The van der Waals surface area contributed by atoms with Crippen LogP contribution in [0.2, 0.25) is 0 Å². The molecule has 0 spiro atoms. The fourth-order valence-corrected chi connectivity index (χ4v) is 2.71. The molecule has 3 aromatic rings. The van der Waals surface area contributed by atoms with Crippen LogP contribution in [0.25, 0.3) is 10.9 Å². The maximum absolute atomic E-state index is 5.69. The highest BCUT2D eigenvalue weighted by Gasteiger charge is 2.12. The molecule has 1 unspecified atom stereocenters. The molecule has 0 fully saturated rings. The third-order valence-electron chi connectivity index (χ3n) is 3.40. The number of nitrogens with one attached hydrogen (secondary N) is 1. The Hall–Kier alpha value is -1.82. The van der Waals surface area contributed by atoms with Crippen LogP contribution in [-0.4, -0.2) is 9.97 Å². The molecule has 0 saturated carbocycles. The van der Waals surface area contributed by atoms with Crippen LogP contribution in [0.4, 0.5) is 0 Å². The average Bonchev–Trinajstić information content (AvgIpc) is 2.52. The number of nitrogens with two attached hydrogens (primary N) is 1. The quantitative estimate of drug-likeness (QED) is 0.564. The third kappa shape index (κ3) is 3.26. The van der Waals surface area contributed by atoms with Crippen LogP contribution in [-0.2, 0) is 6.42 Å².